The zero-order chi connectivity index (χ0) is 8.04. The van der Waals surface area contributed by atoms with E-state index >= 15 is 0 Å². The van der Waals surface area contributed by atoms with Crippen molar-refractivity contribution in [3.05, 3.63) is 0 Å². The second-order valence-electron chi connectivity index (χ2n) is 2.43. The number of nitrogens with two attached hydrogens (primary N) is 1. The molecule has 0 aromatic carbocycles. The first-order chi connectivity index (χ1) is 4.62. The smallest absolute Gasteiger partial charge is 0.287 e. The van der Waals surface area contributed by atoms with Crippen LogP contribution in [0.1, 0.15) is 13.3 Å². The molecule has 0 aromatic rings. The van der Waals surface area contributed by atoms with Gasteiger partial charge in [-0.2, -0.15) is 0 Å². The van der Waals surface area contributed by atoms with Gasteiger partial charge in [-0.05, 0) is 32.5 Å². The van der Waals surface area contributed by atoms with Crippen LogP contribution in [0, 0.1) is 0 Å². The van der Waals surface area contributed by atoms with Gasteiger partial charge in [0.1, 0.15) is 0 Å². The van der Waals surface area contributed by atoms with Crippen LogP contribution in [-0.2, 0) is 4.43 Å². The highest BCUT2D eigenvalue weighted by Crippen LogP contribution is 2.17. The first-order valence-electron chi connectivity index (χ1n) is 3.65. The molecule has 0 bridgehead atoms. The van der Waals surface area contributed by atoms with Gasteiger partial charge in [-0.3, -0.25) is 0 Å². The molecule has 62 valence electrons. The second kappa shape index (κ2) is 5.13. The molecule has 0 saturated heterocycles. The maximum atomic E-state index is 6.08. The Morgan fingerprint density at radius 3 is 2.60 bits per heavy atom. The summed E-state index contributed by atoms with van der Waals surface area (Å²) in [4.78, 5) is 0. The molecule has 0 spiro atoms. The molecular weight excluding hydrogens is 166 g/mol. The SMILES string of the molecule is CCO[Si](C)(Cl)CCCN. The van der Waals surface area contributed by atoms with Crippen molar-refractivity contribution in [1.29, 1.82) is 0 Å². The maximum Gasteiger partial charge on any atom is 0.287 e. The van der Waals surface area contributed by atoms with Crippen LogP contribution in [-0.4, -0.2) is 20.8 Å². The highest BCUT2D eigenvalue weighted by Gasteiger charge is 2.24. The average molecular weight is 182 g/mol. The topological polar surface area (TPSA) is 35.2 Å². The Hall–Kier alpha value is 0.427. The lowest BCUT2D eigenvalue weighted by Crippen LogP contribution is -2.27. The van der Waals surface area contributed by atoms with E-state index in [0.717, 1.165) is 19.1 Å². The highest BCUT2D eigenvalue weighted by atomic mass is 35.6. The largest absolute Gasteiger partial charge is 0.403 e. The molecule has 4 heteroatoms. The van der Waals surface area contributed by atoms with E-state index in [9.17, 15) is 0 Å². The first-order valence-corrected chi connectivity index (χ1v) is 7.28. The van der Waals surface area contributed by atoms with Crippen molar-refractivity contribution in [1.82, 2.24) is 0 Å². The minimum Gasteiger partial charge on any atom is -0.403 e. The van der Waals surface area contributed by atoms with Crippen molar-refractivity contribution in [2.75, 3.05) is 13.2 Å². The van der Waals surface area contributed by atoms with Crippen molar-refractivity contribution < 1.29 is 4.43 Å². The Balaban J connectivity index is 3.42. The van der Waals surface area contributed by atoms with Crippen LogP contribution >= 0.6 is 11.1 Å². The minimum atomic E-state index is -1.83. The van der Waals surface area contributed by atoms with Gasteiger partial charge in [0, 0.05) is 6.61 Å². The first kappa shape index (κ1) is 10.4. The lowest BCUT2D eigenvalue weighted by Gasteiger charge is -2.17. The standard InChI is InChI=1S/C6H16ClNOSi/c1-3-9-10(2,7)6-4-5-8/h3-6,8H2,1-2H3. The summed E-state index contributed by atoms with van der Waals surface area (Å²) < 4.78 is 5.38. The van der Waals surface area contributed by atoms with Gasteiger partial charge in [0.05, 0.1) is 0 Å². The van der Waals surface area contributed by atoms with Gasteiger partial charge >= 0.3 is 0 Å². The number of rotatable bonds is 5. The molecule has 0 heterocycles. The van der Waals surface area contributed by atoms with Crippen LogP contribution in [0.15, 0.2) is 0 Å². The fourth-order valence-electron chi connectivity index (χ4n) is 0.791. The van der Waals surface area contributed by atoms with Crippen molar-refractivity contribution in [2.24, 2.45) is 5.73 Å². The molecule has 0 aromatic heterocycles. The van der Waals surface area contributed by atoms with Gasteiger partial charge in [0.15, 0.2) is 0 Å². The van der Waals surface area contributed by atoms with E-state index in [0.29, 0.717) is 6.54 Å². The third kappa shape index (κ3) is 5.23. The van der Waals surface area contributed by atoms with Gasteiger partial charge in [0.25, 0.3) is 7.63 Å². The third-order valence-electron chi connectivity index (χ3n) is 1.27. The molecule has 0 saturated carbocycles. The summed E-state index contributed by atoms with van der Waals surface area (Å²) in [6, 6.07) is 0.957. The predicted octanol–water partition coefficient (Wildman–Crippen LogP) is 1.68. The normalized spacial score (nSPS) is 16.8. The Morgan fingerprint density at radius 1 is 1.60 bits per heavy atom. The Morgan fingerprint density at radius 2 is 2.20 bits per heavy atom. The highest BCUT2D eigenvalue weighted by molar-refractivity contribution is 7.16. The molecule has 2 nitrogen and oxygen atoms in total. The van der Waals surface area contributed by atoms with E-state index in [1.165, 1.54) is 0 Å². The van der Waals surface area contributed by atoms with Crippen molar-refractivity contribution >= 4 is 18.7 Å². The molecule has 10 heavy (non-hydrogen) atoms. The number of halogens is 1. The van der Waals surface area contributed by atoms with Gasteiger partial charge < -0.3 is 10.2 Å². The molecule has 0 aliphatic rings. The van der Waals surface area contributed by atoms with E-state index in [1.807, 2.05) is 13.5 Å². The van der Waals surface area contributed by atoms with Crippen molar-refractivity contribution in [3.8, 4) is 0 Å². The zero-order valence-electron chi connectivity index (χ0n) is 6.69. The van der Waals surface area contributed by atoms with E-state index in [1.54, 1.807) is 0 Å². The Kier molecular flexibility index (Phi) is 5.35. The summed E-state index contributed by atoms with van der Waals surface area (Å²) in [5.74, 6) is 0. The lowest BCUT2D eigenvalue weighted by atomic mass is 10.5. The molecule has 0 aliphatic heterocycles. The summed E-state index contributed by atoms with van der Waals surface area (Å²) >= 11 is 6.08. The monoisotopic (exact) mass is 181 g/mol. The molecule has 1 unspecified atom stereocenters. The van der Waals surface area contributed by atoms with Crippen molar-refractivity contribution in [2.45, 2.75) is 25.9 Å². The van der Waals surface area contributed by atoms with E-state index in [4.69, 9.17) is 21.2 Å². The van der Waals surface area contributed by atoms with Gasteiger partial charge in [-0.25, -0.2) is 0 Å². The molecule has 1 atom stereocenters. The fraction of sp³-hybridized carbons (Fsp3) is 1.00. The van der Waals surface area contributed by atoms with Gasteiger partial charge in [-0.15, -0.1) is 11.1 Å². The lowest BCUT2D eigenvalue weighted by molar-refractivity contribution is 0.338. The second-order valence-corrected chi connectivity index (χ2v) is 7.82. The molecule has 0 fully saturated rings. The predicted molar refractivity (Wildman–Crippen MR) is 47.6 cm³/mol. The van der Waals surface area contributed by atoms with Crippen LogP contribution in [0.25, 0.3) is 0 Å². The maximum absolute atomic E-state index is 6.08. The summed E-state index contributed by atoms with van der Waals surface area (Å²) in [5, 5.41) is 0. The quantitative estimate of drug-likeness (QED) is 0.518. The van der Waals surface area contributed by atoms with Crippen LogP contribution in [0.4, 0.5) is 0 Å². The van der Waals surface area contributed by atoms with Gasteiger partial charge in [0.2, 0.25) is 0 Å². The molecule has 0 aliphatic carbocycles. The molecule has 0 radical (unpaired) electrons. The van der Waals surface area contributed by atoms with E-state index in [2.05, 4.69) is 0 Å². The summed E-state index contributed by atoms with van der Waals surface area (Å²) in [6.07, 6.45) is 0.978. The molecular formula is C6H16ClNOSi. The average Bonchev–Trinajstić information content (AvgIpc) is 1.84. The minimum absolute atomic E-state index is 0.711. The summed E-state index contributed by atoms with van der Waals surface area (Å²) in [5.41, 5.74) is 5.34. The summed E-state index contributed by atoms with van der Waals surface area (Å²) in [6.45, 7) is 5.41. The van der Waals surface area contributed by atoms with Crippen molar-refractivity contribution in [3.63, 3.8) is 0 Å². The van der Waals surface area contributed by atoms with Gasteiger partial charge in [-0.1, -0.05) is 0 Å². The fourth-order valence-corrected chi connectivity index (χ4v) is 3.10. The zero-order valence-corrected chi connectivity index (χ0v) is 8.45. The molecule has 0 rings (SSSR count). The van der Waals surface area contributed by atoms with E-state index < -0.39 is 7.63 Å². The molecule has 0 amide bonds. The summed E-state index contributed by atoms with van der Waals surface area (Å²) in [7, 11) is -1.83. The van der Waals surface area contributed by atoms with Crippen LogP contribution in [0.3, 0.4) is 0 Å². The van der Waals surface area contributed by atoms with Crippen LogP contribution < -0.4 is 5.73 Å². The van der Waals surface area contributed by atoms with Crippen LogP contribution in [0.2, 0.25) is 12.6 Å². The van der Waals surface area contributed by atoms with E-state index in [-0.39, 0.29) is 0 Å². The molecule has 2 N–H and O–H groups in total. The Bertz CT molecular complexity index is 89.8. The number of hydrogen-bond donors (Lipinski definition) is 1. The number of hydrogen-bond acceptors (Lipinski definition) is 2. The Labute approximate surface area is 68.5 Å². The van der Waals surface area contributed by atoms with Crippen LogP contribution in [0.5, 0.6) is 0 Å². The third-order valence-corrected chi connectivity index (χ3v) is 4.30.